The predicted octanol–water partition coefficient (Wildman–Crippen LogP) is 4.71. The van der Waals surface area contributed by atoms with Crippen molar-refractivity contribution in [2.75, 3.05) is 19.8 Å². The number of benzene rings is 2. The van der Waals surface area contributed by atoms with Crippen LogP contribution in [0, 0.1) is 0 Å². The molecule has 16 heteroatoms. The number of imidazole rings is 1. The number of ether oxygens (including phenoxy) is 3. The Morgan fingerprint density at radius 1 is 0.904 bits per heavy atom. The zero-order valence-electron chi connectivity index (χ0n) is 30.6. The van der Waals surface area contributed by atoms with Crippen LogP contribution in [-0.4, -0.2) is 81.2 Å². The summed E-state index contributed by atoms with van der Waals surface area (Å²) < 4.78 is 19.7. The molecule has 1 aliphatic rings. The Morgan fingerprint density at radius 2 is 1.54 bits per heavy atom. The second-order valence-corrected chi connectivity index (χ2v) is 13.6. The van der Waals surface area contributed by atoms with Crippen LogP contribution < -0.4 is 15.7 Å². The minimum Gasteiger partial charge on any atom is -0.490 e. The zero-order chi connectivity index (χ0) is 38.2. The fourth-order valence-corrected chi connectivity index (χ4v) is 4.84. The highest BCUT2D eigenvalue weighted by Gasteiger charge is 2.40. The summed E-state index contributed by atoms with van der Waals surface area (Å²) in [6.45, 7) is 12.5. The molecule has 0 saturated heterocycles. The lowest BCUT2D eigenvalue weighted by Crippen LogP contribution is -2.42. The van der Waals surface area contributed by atoms with Gasteiger partial charge in [0.2, 0.25) is 11.7 Å². The van der Waals surface area contributed by atoms with Crippen molar-refractivity contribution in [2.24, 2.45) is 12.0 Å². The lowest BCUT2D eigenvalue weighted by Gasteiger charge is -2.21. The number of nitrogens with one attached hydrogen (secondary N) is 1. The first-order valence-electron chi connectivity index (χ1n) is 16.7. The summed E-state index contributed by atoms with van der Waals surface area (Å²) in [5, 5.41) is 3.26. The van der Waals surface area contributed by atoms with E-state index in [2.05, 4.69) is 10.3 Å². The average molecular weight is 724 g/mol. The van der Waals surface area contributed by atoms with Crippen molar-refractivity contribution in [3.8, 4) is 17.0 Å². The maximum atomic E-state index is 12.8. The molecule has 0 spiro atoms. The quantitative estimate of drug-likeness (QED) is 0.0849. The van der Waals surface area contributed by atoms with Crippen LogP contribution in [0.15, 0.2) is 59.7 Å². The van der Waals surface area contributed by atoms with E-state index in [4.69, 9.17) is 28.8 Å². The van der Waals surface area contributed by atoms with Gasteiger partial charge in [0.1, 0.15) is 23.6 Å². The maximum absolute atomic E-state index is 12.8. The van der Waals surface area contributed by atoms with E-state index in [1.165, 1.54) is 12.1 Å². The number of rotatable bonds is 13. The molecule has 0 fully saturated rings. The van der Waals surface area contributed by atoms with Crippen molar-refractivity contribution in [3.05, 3.63) is 71.5 Å². The number of aryl methyl sites for hydroxylation is 1. The number of imide groups is 1. The molecule has 1 aromatic heterocycles. The molecule has 0 aliphatic carbocycles. The number of hydrogen-bond donors (Lipinski definition) is 1. The zero-order valence-corrected chi connectivity index (χ0v) is 30.6. The summed E-state index contributed by atoms with van der Waals surface area (Å²) in [5.74, 6) is -1.85. The molecule has 1 atom stereocenters. The smallest absolute Gasteiger partial charge is 0.468 e. The van der Waals surface area contributed by atoms with Crippen LogP contribution in [0.3, 0.4) is 0 Å². The highest BCUT2D eigenvalue weighted by molar-refractivity contribution is 6.20. The highest BCUT2D eigenvalue weighted by atomic mass is 17.2. The monoisotopic (exact) mass is 723 g/mol. The lowest BCUT2D eigenvalue weighted by molar-refractivity contribution is -0.298. The molecule has 0 unspecified atom stereocenters. The third-order valence-electron chi connectivity index (χ3n) is 7.09. The molecule has 52 heavy (non-hydrogen) atoms. The van der Waals surface area contributed by atoms with E-state index in [0.717, 1.165) is 5.56 Å². The van der Waals surface area contributed by atoms with Gasteiger partial charge in [0.15, 0.2) is 0 Å². The van der Waals surface area contributed by atoms with Crippen molar-refractivity contribution in [3.63, 3.8) is 0 Å². The molecule has 3 aromatic rings. The minimum atomic E-state index is -1.43. The Hall–Kier alpha value is -5.48. The van der Waals surface area contributed by atoms with Crippen molar-refractivity contribution in [1.29, 1.82) is 0 Å². The van der Waals surface area contributed by atoms with Crippen LogP contribution in [0.2, 0.25) is 0 Å². The number of amides is 4. The first-order chi connectivity index (χ1) is 24.5. The van der Waals surface area contributed by atoms with E-state index in [-0.39, 0.29) is 30.0 Å². The topological polar surface area (TPSA) is 178 Å². The first-order valence-corrected chi connectivity index (χ1v) is 16.7. The summed E-state index contributed by atoms with van der Waals surface area (Å²) in [4.78, 5) is 82.8. The van der Waals surface area contributed by atoms with Crippen molar-refractivity contribution >= 4 is 30.0 Å². The summed E-state index contributed by atoms with van der Waals surface area (Å²) in [6.07, 6.45) is -0.630. The Kier molecular flexibility index (Phi) is 12.6. The molecule has 1 N–H and O–H groups in total. The Balaban J connectivity index is 1.50. The Labute approximate surface area is 301 Å². The van der Waals surface area contributed by atoms with E-state index in [1.807, 2.05) is 0 Å². The van der Waals surface area contributed by atoms with Crippen molar-refractivity contribution in [2.45, 2.75) is 78.7 Å². The SMILES string of the molecule is CCOC(=O)[C@H](COc1ccc(-c2cn(CCCNC(=O)OC(C)(C)C)c(=NC(=O)OOC(C)(C)C)n2C)cc1)ON1C(=O)c2ccccc2C1=O. The molecular formula is C36H45N5O11. The first kappa shape index (κ1) is 39.3. The van der Waals surface area contributed by atoms with Crippen LogP contribution in [0.1, 0.15) is 75.6 Å². The lowest BCUT2D eigenvalue weighted by atomic mass is 10.1. The standard InChI is InChI=1S/C36H45N5O11/c1-9-47-31(44)28(50-41-29(42)25-13-10-11-14-26(25)30(41)43)22-48-24-17-15-23(16-18-24)27-21-40(20-12-19-37-33(45)49-35(2,3)4)32(39(27)8)38-34(46)51-52-36(5,6)7/h10-11,13-18,21,28H,9,12,19-20,22H2,1-8H3,(H,37,45)/t28-/m0/s1. The van der Waals surface area contributed by atoms with Crippen LogP contribution >= 0.6 is 0 Å². The van der Waals surface area contributed by atoms with Gasteiger partial charge in [0.25, 0.3) is 11.8 Å². The normalized spacial score (nSPS) is 13.8. The molecule has 16 nitrogen and oxygen atoms in total. The van der Waals surface area contributed by atoms with E-state index < -0.39 is 47.3 Å². The van der Waals surface area contributed by atoms with Gasteiger partial charge in [0.05, 0.1) is 23.4 Å². The number of hydroxylamine groups is 2. The summed E-state index contributed by atoms with van der Waals surface area (Å²) >= 11 is 0. The number of carbonyl (C=O) groups excluding carboxylic acids is 5. The average Bonchev–Trinajstić information content (AvgIpc) is 3.50. The van der Waals surface area contributed by atoms with Gasteiger partial charge in [-0.05, 0) is 96.8 Å². The number of nitrogens with zero attached hydrogens (tertiary/aromatic N) is 4. The fraction of sp³-hybridized carbons (Fsp3) is 0.444. The van der Waals surface area contributed by atoms with Gasteiger partial charge in [-0.3, -0.25) is 14.5 Å². The number of esters is 1. The molecule has 2 aromatic carbocycles. The van der Waals surface area contributed by atoms with E-state index >= 15 is 0 Å². The summed E-state index contributed by atoms with van der Waals surface area (Å²) in [7, 11) is 1.73. The molecule has 2 heterocycles. The summed E-state index contributed by atoms with van der Waals surface area (Å²) in [6, 6.07) is 13.1. The van der Waals surface area contributed by atoms with Gasteiger partial charge in [0, 0.05) is 26.3 Å². The Morgan fingerprint density at radius 3 is 2.12 bits per heavy atom. The molecule has 4 rings (SSSR count). The second-order valence-electron chi connectivity index (χ2n) is 13.6. The minimum absolute atomic E-state index is 0.0437. The van der Waals surface area contributed by atoms with Crippen LogP contribution in [0.4, 0.5) is 9.59 Å². The third-order valence-corrected chi connectivity index (χ3v) is 7.09. The number of aromatic nitrogens is 2. The molecule has 4 amide bonds. The number of hydrogen-bond acceptors (Lipinski definition) is 11. The molecule has 1 aliphatic heterocycles. The van der Waals surface area contributed by atoms with Gasteiger partial charge < -0.3 is 28.7 Å². The van der Waals surface area contributed by atoms with Crippen molar-refractivity contribution < 1.29 is 52.8 Å². The van der Waals surface area contributed by atoms with Crippen LogP contribution in [0.25, 0.3) is 11.3 Å². The highest BCUT2D eigenvalue weighted by Crippen LogP contribution is 2.25. The fourth-order valence-electron chi connectivity index (χ4n) is 4.84. The van der Waals surface area contributed by atoms with Gasteiger partial charge in [-0.1, -0.05) is 12.1 Å². The molecule has 0 bridgehead atoms. The Bertz CT molecular complexity index is 1810. The second kappa shape index (κ2) is 16.7. The summed E-state index contributed by atoms with van der Waals surface area (Å²) in [5.41, 5.74) is 0.614. The van der Waals surface area contributed by atoms with E-state index in [0.29, 0.717) is 36.0 Å². The van der Waals surface area contributed by atoms with Crippen molar-refractivity contribution in [1.82, 2.24) is 19.5 Å². The number of fused-ring (bicyclic) bond motifs is 1. The molecule has 0 saturated carbocycles. The van der Waals surface area contributed by atoms with Gasteiger partial charge in [-0.25, -0.2) is 19.2 Å². The van der Waals surface area contributed by atoms with Crippen LogP contribution in [0.5, 0.6) is 5.75 Å². The predicted molar refractivity (Wildman–Crippen MR) is 185 cm³/mol. The van der Waals surface area contributed by atoms with Crippen LogP contribution in [-0.2, 0) is 42.5 Å². The largest absolute Gasteiger partial charge is 0.490 e. The van der Waals surface area contributed by atoms with Gasteiger partial charge >= 0.3 is 18.2 Å². The number of carbonyl (C=O) groups is 5. The van der Waals surface area contributed by atoms with E-state index in [9.17, 15) is 24.0 Å². The molecular weight excluding hydrogens is 678 g/mol. The van der Waals surface area contributed by atoms with Gasteiger partial charge in [-0.15, -0.1) is 10.1 Å². The van der Waals surface area contributed by atoms with Gasteiger partial charge in [-0.2, -0.15) is 4.89 Å². The van der Waals surface area contributed by atoms with E-state index in [1.54, 1.807) is 107 Å². The maximum Gasteiger partial charge on any atom is 0.468 e. The molecule has 0 radical (unpaired) electrons. The molecule has 280 valence electrons. The number of alkyl carbamates (subject to hydrolysis) is 1. The third kappa shape index (κ3) is 10.5.